The molecule has 2 saturated carbocycles. The summed E-state index contributed by atoms with van der Waals surface area (Å²) in [6.45, 7) is 2.45. The Bertz CT molecular complexity index is 611. The first-order valence-corrected chi connectivity index (χ1v) is 9.01. The summed E-state index contributed by atoms with van der Waals surface area (Å²) in [7, 11) is 0. The Hall–Kier alpha value is -1.35. The number of aldehydes is 1. The lowest BCUT2D eigenvalue weighted by molar-refractivity contribution is -0.109. The normalized spacial score (nSPS) is 38.3. The number of aliphatic hydroxyl groups excluding tert-OH is 1. The van der Waals surface area contributed by atoms with Crippen LogP contribution in [0.5, 0.6) is 5.75 Å². The van der Waals surface area contributed by atoms with Crippen molar-refractivity contribution < 1.29 is 14.6 Å². The molecule has 0 aromatic heterocycles. The standard InChI is InChI=1S/C20H26O3/c1-20-9-8-16-15-5-3-14(23-11-10-21)12-13(15)2-4-17(16)18(20)6-7-19(20)22/h3,5,10,12,16-19,22H,2,4,6-9,11H2,1H3. The largest absolute Gasteiger partial charge is 0.486 e. The van der Waals surface area contributed by atoms with Crippen molar-refractivity contribution in [3.8, 4) is 5.75 Å². The molecule has 3 aliphatic carbocycles. The summed E-state index contributed by atoms with van der Waals surface area (Å²) in [5.74, 6) is 2.85. The molecule has 4 rings (SSSR count). The van der Waals surface area contributed by atoms with Crippen molar-refractivity contribution >= 4 is 6.29 Å². The van der Waals surface area contributed by atoms with E-state index in [2.05, 4.69) is 19.1 Å². The number of rotatable bonds is 3. The molecule has 0 radical (unpaired) electrons. The Balaban J connectivity index is 1.61. The fourth-order valence-electron chi connectivity index (χ4n) is 5.75. The van der Waals surface area contributed by atoms with Crippen LogP contribution < -0.4 is 4.74 Å². The van der Waals surface area contributed by atoms with E-state index < -0.39 is 0 Å². The Morgan fingerprint density at radius 1 is 1.30 bits per heavy atom. The van der Waals surface area contributed by atoms with Gasteiger partial charge in [0.15, 0.2) is 6.29 Å². The molecule has 124 valence electrons. The van der Waals surface area contributed by atoms with Crippen LogP contribution in [0.15, 0.2) is 18.2 Å². The van der Waals surface area contributed by atoms with Crippen LogP contribution in [0.1, 0.15) is 56.1 Å². The fraction of sp³-hybridized carbons (Fsp3) is 0.650. The van der Waals surface area contributed by atoms with E-state index in [9.17, 15) is 9.90 Å². The van der Waals surface area contributed by atoms with Gasteiger partial charge < -0.3 is 9.84 Å². The lowest BCUT2D eigenvalue weighted by atomic mass is 9.55. The average Bonchev–Trinajstić information content (AvgIpc) is 2.88. The molecule has 5 unspecified atom stereocenters. The van der Waals surface area contributed by atoms with Gasteiger partial charge in [0.25, 0.3) is 0 Å². The maximum atomic E-state index is 10.5. The third kappa shape index (κ3) is 2.32. The van der Waals surface area contributed by atoms with Crippen molar-refractivity contribution in [1.29, 1.82) is 0 Å². The van der Waals surface area contributed by atoms with Gasteiger partial charge in [0, 0.05) is 0 Å². The van der Waals surface area contributed by atoms with Gasteiger partial charge >= 0.3 is 0 Å². The number of hydrogen-bond acceptors (Lipinski definition) is 3. The predicted molar refractivity (Wildman–Crippen MR) is 88.6 cm³/mol. The van der Waals surface area contributed by atoms with Gasteiger partial charge in [-0.05, 0) is 85.0 Å². The van der Waals surface area contributed by atoms with Crippen molar-refractivity contribution in [1.82, 2.24) is 0 Å². The summed E-state index contributed by atoms with van der Waals surface area (Å²) in [5.41, 5.74) is 3.03. The van der Waals surface area contributed by atoms with Gasteiger partial charge in [-0.2, -0.15) is 0 Å². The first kappa shape index (κ1) is 15.2. The smallest absolute Gasteiger partial charge is 0.157 e. The van der Waals surface area contributed by atoms with E-state index in [1.807, 2.05) is 6.07 Å². The van der Waals surface area contributed by atoms with Gasteiger partial charge in [-0.25, -0.2) is 0 Å². The van der Waals surface area contributed by atoms with Gasteiger partial charge in [-0.1, -0.05) is 13.0 Å². The SMILES string of the molecule is CC12CCC3c4ccc(OCC=O)cc4CCC3C1CCC2O. The van der Waals surface area contributed by atoms with Crippen molar-refractivity contribution in [2.75, 3.05) is 6.61 Å². The van der Waals surface area contributed by atoms with Crippen LogP contribution in [0.4, 0.5) is 0 Å². The summed E-state index contributed by atoms with van der Waals surface area (Å²) in [4.78, 5) is 10.5. The highest BCUT2D eigenvalue weighted by Gasteiger charge is 2.54. The number of hydrogen-bond donors (Lipinski definition) is 1. The van der Waals surface area contributed by atoms with Crippen LogP contribution in [0.2, 0.25) is 0 Å². The number of aryl methyl sites for hydroxylation is 1. The summed E-state index contributed by atoms with van der Waals surface area (Å²) in [5, 5.41) is 10.4. The maximum Gasteiger partial charge on any atom is 0.157 e. The van der Waals surface area contributed by atoms with Crippen molar-refractivity contribution in [2.24, 2.45) is 17.3 Å². The molecule has 0 aliphatic heterocycles. The van der Waals surface area contributed by atoms with E-state index in [0.717, 1.165) is 37.2 Å². The predicted octanol–water partition coefficient (Wildman–Crippen LogP) is 3.48. The molecule has 0 heterocycles. The molecule has 0 saturated heterocycles. The van der Waals surface area contributed by atoms with Crippen LogP contribution in [0.3, 0.4) is 0 Å². The van der Waals surface area contributed by atoms with E-state index >= 15 is 0 Å². The second-order valence-corrected chi connectivity index (χ2v) is 7.89. The fourth-order valence-corrected chi connectivity index (χ4v) is 5.75. The minimum absolute atomic E-state index is 0.103. The van der Waals surface area contributed by atoms with Gasteiger partial charge in [0.2, 0.25) is 0 Å². The lowest BCUT2D eigenvalue weighted by Gasteiger charge is -2.50. The van der Waals surface area contributed by atoms with Gasteiger partial charge in [0.05, 0.1) is 6.10 Å². The number of ether oxygens (including phenoxy) is 1. The molecule has 2 fully saturated rings. The Labute approximate surface area is 138 Å². The lowest BCUT2D eigenvalue weighted by Crippen LogP contribution is -2.43. The summed E-state index contributed by atoms with van der Waals surface area (Å²) in [6, 6.07) is 6.37. The number of benzene rings is 1. The van der Waals surface area contributed by atoms with Crippen LogP contribution in [-0.2, 0) is 11.2 Å². The van der Waals surface area contributed by atoms with Gasteiger partial charge in [-0.3, -0.25) is 4.79 Å². The first-order valence-electron chi connectivity index (χ1n) is 9.01. The maximum absolute atomic E-state index is 10.5. The van der Waals surface area contributed by atoms with E-state index in [0.29, 0.717) is 11.8 Å². The molecular formula is C20H26O3. The van der Waals surface area contributed by atoms with Crippen LogP contribution in [-0.4, -0.2) is 24.1 Å². The van der Waals surface area contributed by atoms with Crippen LogP contribution >= 0.6 is 0 Å². The second-order valence-electron chi connectivity index (χ2n) is 7.89. The van der Waals surface area contributed by atoms with Crippen LogP contribution in [0.25, 0.3) is 0 Å². The highest BCUT2D eigenvalue weighted by Crippen LogP contribution is 2.60. The quantitative estimate of drug-likeness (QED) is 0.869. The van der Waals surface area contributed by atoms with Gasteiger partial charge in [0.1, 0.15) is 12.4 Å². The summed E-state index contributed by atoms with van der Waals surface area (Å²) in [6.07, 6.45) is 7.51. The number of aliphatic hydroxyl groups is 1. The number of carbonyl (C=O) groups is 1. The van der Waals surface area contributed by atoms with E-state index in [1.165, 1.54) is 30.4 Å². The molecule has 1 N–H and O–H groups in total. The van der Waals surface area contributed by atoms with Crippen molar-refractivity contribution in [3.05, 3.63) is 29.3 Å². The molecule has 0 bridgehead atoms. The Morgan fingerprint density at radius 2 is 2.17 bits per heavy atom. The zero-order valence-corrected chi connectivity index (χ0v) is 13.8. The molecule has 0 spiro atoms. The molecule has 3 heteroatoms. The third-order valence-electron chi connectivity index (χ3n) is 6.97. The number of carbonyl (C=O) groups excluding carboxylic acids is 1. The van der Waals surface area contributed by atoms with Crippen LogP contribution in [0, 0.1) is 17.3 Å². The topological polar surface area (TPSA) is 46.5 Å². The zero-order chi connectivity index (χ0) is 16.0. The monoisotopic (exact) mass is 314 g/mol. The molecule has 3 aliphatic rings. The van der Waals surface area contributed by atoms with E-state index in [4.69, 9.17) is 4.74 Å². The first-order chi connectivity index (χ1) is 11.1. The molecule has 3 nitrogen and oxygen atoms in total. The molecule has 5 atom stereocenters. The number of fused-ring (bicyclic) bond motifs is 5. The third-order valence-corrected chi connectivity index (χ3v) is 6.97. The molecular weight excluding hydrogens is 288 g/mol. The summed E-state index contributed by atoms with van der Waals surface area (Å²) < 4.78 is 5.46. The van der Waals surface area contributed by atoms with Crippen molar-refractivity contribution in [2.45, 2.75) is 57.5 Å². The minimum Gasteiger partial charge on any atom is -0.486 e. The second kappa shape index (κ2) is 5.62. The zero-order valence-electron chi connectivity index (χ0n) is 13.8. The average molecular weight is 314 g/mol. The van der Waals surface area contributed by atoms with Crippen molar-refractivity contribution in [3.63, 3.8) is 0 Å². The highest BCUT2D eigenvalue weighted by atomic mass is 16.5. The van der Waals surface area contributed by atoms with Gasteiger partial charge in [-0.15, -0.1) is 0 Å². The van der Waals surface area contributed by atoms with E-state index in [-0.39, 0.29) is 18.1 Å². The van der Waals surface area contributed by atoms with E-state index in [1.54, 1.807) is 0 Å². The Kier molecular flexibility index (Phi) is 3.72. The molecule has 1 aromatic rings. The summed E-state index contributed by atoms with van der Waals surface area (Å²) >= 11 is 0. The highest BCUT2D eigenvalue weighted by molar-refractivity contribution is 5.51. The molecule has 23 heavy (non-hydrogen) atoms. The minimum atomic E-state index is -0.103. The Morgan fingerprint density at radius 3 is 3.00 bits per heavy atom. The molecule has 1 aromatic carbocycles. The molecule has 0 amide bonds.